The third-order valence-electron chi connectivity index (χ3n) is 3.74. The minimum absolute atomic E-state index is 0.0735. The summed E-state index contributed by atoms with van der Waals surface area (Å²) in [5.74, 6) is 0.220. The highest BCUT2D eigenvalue weighted by Gasteiger charge is 2.30. The smallest absolute Gasteiger partial charge is 0.352 e. The molecule has 3 N–H and O–H groups in total. The van der Waals surface area contributed by atoms with Gasteiger partial charge in [0.2, 0.25) is 5.91 Å². The van der Waals surface area contributed by atoms with Crippen molar-refractivity contribution in [3.05, 3.63) is 40.9 Å². The molecule has 1 aromatic carbocycles. The van der Waals surface area contributed by atoms with E-state index in [0.717, 1.165) is 18.6 Å². The van der Waals surface area contributed by atoms with Gasteiger partial charge in [0.05, 0.1) is 17.7 Å². The van der Waals surface area contributed by atoms with Crippen LogP contribution in [-0.4, -0.2) is 23.5 Å². The first-order valence-electron chi connectivity index (χ1n) is 8.30. The average Bonchev–Trinajstić information content (AvgIpc) is 3.01. The molecule has 0 aliphatic heterocycles. The molecule has 26 heavy (non-hydrogen) atoms. The van der Waals surface area contributed by atoms with E-state index in [-0.39, 0.29) is 18.4 Å². The highest BCUT2D eigenvalue weighted by molar-refractivity contribution is 7.13. The Morgan fingerprint density at radius 3 is 2.69 bits per heavy atom. The summed E-state index contributed by atoms with van der Waals surface area (Å²) in [7, 11) is 0. The maximum atomic E-state index is 12.8. The molecule has 0 saturated heterocycles. The number of alkyl halides is 3. The minimum atomic E-state index is -4.40. The average molecular weight is 385 g/mol. The van der Waals surface area contributed by atoms with E-state index in [0.29, 0.717) is 28.7 Å². The van der Waals surface area contributed by atoms with Gasteiger partial charge in [-0.05, 0) is 24.5 Å². The number of hydrogen-bond donors (Lipinski definition) is 2. The van der Waals surface area contributed by atoms with Gasteiger partial charge in [-0.1, -0.05) is 26.0 Å². The van der Waals surface area contributed by atoms with E-state index < -0.39 is 11.7 Å². The predicted molar refractivity (Wildman–Crippen MR) is 96.7 cm³/mol. The van der Waals surface area contributed by atoms with Crippen LogP contribution in [0.15, 0.2) is 29.6 Å². The van der Waals surface area contributed by atoms with Crippen LogP contribution in [0.1, 0.15) is 31.5 Å². The monoisotopic (exact) mass is 385 g/mol. The first-order valence-corrected chi connectivity index (χ1v) is 9.18. The quantitative estimate of drug-likeness (QED) is 0.760. The fourth-order valence-electron chi connectivity index (χ4n) is 2.58. The standard InChI is InChI=1S/C18H22F3N3OS/c1-11(2)6-14(9-22)23-16(25)8-15-10-26-17(24-15)12-4-3-5-13(7-12)18(19,20)21/h3-5,7,10-11,14H,6,8-9,22H2,1-2H3,(H,23,25). The molecule has 1 atom stereocenters. The van der Waals surface area contributed by atoms with Crippen molar-refractivity contribution in [2.75, 3.05) is 6.54 Å². The van der Waals surface area contributed by atoms with Crippen LogP contribution in [0.2, 0.25) is 0 Å². The summed E-state index contributed by atoms with van der Waals surface area (Å²) in [6.45, 7) is 4.46. The van der Waals surface area contributed by atoms with Crippen molar-refractivity contribution >= 4 is 17.2 Å². The van der Waals surface area contributed by atoms with Gasteiger partial charge in [-0.2, -0.15) is 13.2 Å². The molecule has 0 bridgehead atoms. The fraction of sp³-hybridized carbons (Fsp3) is 0.444. The Morgan fingerprint density at radius 1 is 1.35 bits per heavy atom. The first-order chi connectivity index (χ1) is 12.2. The van der Waals surface area contributed by atoms with Crippen molar-refractivity contribution in [3.63, 3.8) is 0 Å². The number of nitrogens with zero attached hydrogens (tertiary/aromatic N) is 1. The molecule has 0 saturated carbocycles. The lowest BCUT2D eigenvalue weighted by Crippen LogP contribution is -2.41. The summed E-state index contributed by atoms with van der Waals surface area (Å²) in [5.41, 5.74) is 5.87. The predicted octanol–water partition coefficient (Wildman–Crippen LogP) is 3.86. The van der Waals surface area contributed by atoms with E-state index in [1.807, 2.05) is 0 Å². The number of benzene rings is 1. The molecule has 2 aromatic rings. The second-order valence-electron chi connectivity index (χ2n) is 6.53. The second kappa shape index (κ2) is 8.64. The zero-order valence-electron chi connectivity index (χ0n) is 14.6. The van der Waals surface area contributed by atoms with Gasteiger partial charge < -0.3 is 11.1 Å². The van der Waals surface area contributed by atoms with Gasteiger partial charge in [0.25, 0.3) is 0 Å². The summed E-state index contributed by atoms with van der Waals surface area (Å²) in [6, 6.07) is 4.92. The van der Waals surface area contributed by atoms with Crippen LogP contribution in [0.5, 0.6) is 0 Å². The Hall–Kier alpha value is -1.93. The molecule has 0 aliphatic rings. The normalized spacial score (nSPS) is 13.0. The van der Waals surface area contributed by atoms with Crippen LogP contribution in [0.3, 0.4) is 0 Å². The van der Waals surface area contributed by atoms with Gasteiger partial charge in [-0.15, -0.1) is 11.3 Å². The summed E-state index contributed by atoms with van der Waals surface area (Å²) in [4.78, 5) is 16.4. The Balaban J connectivity index is 2.05. The highest BCUT2D eigenvalue weighted by Crippen LogP contribution is 2.33. The summed E-state index contributed by atoms with van der Waals surface area (Å²) >= 11 is 1.22. The molecule has 1 amide bonds. The van der Waals surface area contributed by atoms with Gasteiger partial charge in [-0.25, -0.2) is 4.98 Å². The Labute approximate surface area is 154 Å². The zero-order chi connectivity index (χ0) is 19.3. The molecular formula is C18H22F3N3OS. The van der Waals surface area contributed by atoms with Crippen molar-refractivity contribution in [1.82, 2.24) is 10.3 Å². The molecule has 4 nitrogen and oxygen atoms in total. The molecule has 1 aromatic heterocycles. The fourth-order valence-corrected chi connectivity index (χ4v) is 3.39. The number of carbonyl (C=O) groups is 1. The highest BCUT2D eigenvalue weighted by atomic mass is 32.1. The van der Waals surface area contributed by atoms with E-state index in [1.54, 1.807) is 11.4 Å². The number of thiazole rings is 1. The summed E-state index contributed by atoms with van der Waals surface area (Å²) in [6.07, 6.45) is -3.54. The van der Waals surface area contributed by atoms with Crippen LogP contribution >= 0.6 is 11.3 Å². The molecule has 8 heteroatoms. The molecule has 0 fully saturated rings. The van der Waals surface area contributed by atoms with E-state index >= 15 is 0 Å². The maximum Gasteiger partial charge on any atom is 0.416 e. The number of nitrogens with one attached hydrogen (secondary N) is 1. The molecular weight excluding hydrogens is 363 g/mol. The second-order valence-corrected chi connectivity index (χ2v) is 7.39. The van der Waals surface area contributed by atoms with Gasteiger partial charge in [0.1, 0.15) is 5.01 Å². The van der Waals surface area contributed by atoms with E-state index in [9.17, 15) is 18.0 Å². The van der Waals surface area contributed by atoms with Gasteiger partial charge in [0, 0.05) is 23.5 Å². The van der Waals surface area contributed by atoms with Crippen molar-refractivity contribution in [2.24, 2.45) is 11.7 Å². The maximum absolute atomic E-state index is 12.8. The van der Waals surface area contributed by atoms with Crippen LogP contribution < -0.4 is 11.1 Å². The van der Waals surface area contributed by atoms with E-state index in [2.05, 4.69) is 24.1 Å². The Kier molecular flexibility index (Phi) is 6.77. The number of hydrogen-bond acceptors (Lipinski definition) is 4. The number of carbonyl (C=O) groups excluding carboxylic acids is 1. The van der Waals surface area contributed by atoms with Gasteiger partial charge in [-0.3, -0.25) is 4.79 Å². The van der Waals surface area contributed by atoms with Crippen molar-refractivity contribution in [1.29, 1.82) is 0 Å². The molecule has 0 spiro atoms. The molecule has 0 aliphatic carbocycles. The third-order valence-corrected chi connectivity index (χ3v) is 4.68. The lowest BCUT2D eigenvalue weighted by Gasteiger charge is -2.18. The number of halogens is 3. The third kappa shape index (κ3) is 5.81. The van der Waals surface area contributed by atoms with Crippen LogP contribution in [-0.2, 0) is 17.4 Å². The zero-order valence-corrected chi connectivity index (χ0v) is 15.5. The molecule has 2 rings (SSSR count). The van der Waals surface area contributed by atoms with Crippen molar-refractivity contribution in [3.8, 4) is 10.6 Å². The number of nitrogens with two attached hydrogens (primary N) is 1. The van der Waals surface area contributed by atoms with E-state index in [4.69, 9.17) is 5.73 Å². The summed E-state index contributed by atoms with van der Waals surface area (Å²) in [5, 5.41) is 5.02. The Morgan fingerprint density at radius 2 is 2.08 bits per heavy atom. The first kappa shape index (κ1) is 20.4. The van der Waals surface area contributed by atoms with Gasteiger partial charge >= 0.3 is 6.18 Å². The molecule has 0 radical (unpaired) electrons. The van der Waals surface area contributed by atoms with Crippen LogP contribution in [0.25, 0.3) is 10.6 Å². The van der Waals surface area contributed by atoms with Crippen molar-refractivity contribution < 1.29 is 18.0 Å². The molecule has 1 unspecified atom stereocenters. The number of rotatable bonds is 7. The number of amides is 1. The van der Waals surface area contributed by atoms with Gasteiger partial charge in [0.15, 0.2) is 0 Å². The lowest BCUT2D eigenvalue weighted by molar-refractivity contribution is -0.137. The van der Waals surface area contributed by atoms with Crippen molar-refractivity contribution in [2.45, 2.75) is 38.9 Å². The Bertz CT molecular complexity index is 743. The van der Waals surface area contributed by atoms with Crippen LogP contribution in [0, 0.1) is 5.92 Å². The summed E-state index contributed by atoms with van der Waals surface area (Å²) < 4.78 is 38.5. The lowest BCUT2D eigenvalue weighted by atomic mass is 10.0. The largest absolute Gasteiger partial charge is 0.416 e. The molecule has 142 valence electrons. The minimum Gasteiger partial charge on any atom is -0.352 e. The van der Waals surface area contributed by atoms with E-state index in [1.165, 1.54) is 17.4 Å². The number of aromatic nitrogens is 1. The SMILES string of the molecule is CC(C)CC(CN)NC(=O)Cc1csc(-c2cccc(C(F)(F)F)c2)n1. The molecule has 1 heterocycles. The topological polar surface area (TPSA) is 68.0 Å². The van der Waals surface area contributed by atoms with Crippen LogP contribution in [0.4, 0.5) is 13.2 Å².